The summed E-state index contributed by atoms with van der Waals surface area (Å²) < 4.78 is 45.5. The summed E-state index contributed by atoms with van der Waals surface area (Å²) in [6, 6.07) is 8.59. The monoisotopic (exact) mass is 307 g/mol. The van der Waals surface area contributed by atoms with Gasteiger partial charge in [-0.05, 0) is 36.4 Å². The number of benzene rings is 1. The quantitative estimate of drug-likeness (QED) is 0.738. The summed E-state index contributed by atoms with van der Waals surface area (Å²) in [5.41, 5.74) is 1.19. The molecule has 112 valence electrons. The van der Waals surface area contributed by atoms with E-state index in [4.69, 9.17) is 4.42 Å². The number of aromatic nitrogens is 3. The summed E-state index contributed by atoms with van der Waals surface area (Å²) in [5, 5.41) is 7.76. The highest BCUT2D eigenvalue weighted by Crippen LogP contribution is 2.27. The topological polar surface area (TPSA) is 61.0 Å². The van der Waals surface area contributed by atoms with Crippen LogP contribution >= 0.6 is 0 Å². The predicted molar refractivity (Wildman–Crippen MR) is 69.6 cm³/mol. The molecule has 8 heteroatoms. The first kappa shape index (κ1) is 14.1. The maximum absolute atomic E-state index is 12.1. The molecule has 0 atom stereocenters. The molecule has 0 radical (unpaired) electrons. The Balaban J connectivity index is 1.82. The molecule has 2 heterocycles. The fraction of sp³-hybridized carbons (Fsp3) is 0.0714. The summed E-state index contributed by atoms with van der Waals surface area (Å²) in [7, 11) is 0. The zero-order valence-electron chi connectivity index (χ0n) is 10.9. The van der Waals surface area contributed by atoms with Crippen molar-refractivity contribution >= 4 is 0 Å². The van der Waals surface area contributed by atoms with Crippen LogP contribution in [0.4, 0.5) is 13.2 Å². The second-order valence-electron chi connectivity index (χ2n) is 4.22. The van der Waals surface area contributed by atoms with Crippen LogP contribution in [0.25, 0.3) is 22.9 Å². The molecule has 0 saturated carbocycles. The molecule has 2 aromatic heterocycles. The lowest BCUT2D eigenvalue weighted by atomic mass is 10.2. The normalized spacial score (nSPS) is 11.4. The number of alkyl halides is 3. The number of hydrogen-bond donors (Lipinski definition) is 0. The lowest BCUT2D eigenvalue weighted by Gasteiger charge is -2.08. The first-order valence-electron chi connectivity index (χ1n) is 6.11. The molecule has 3 rings (SSSR count). The standard InChI is InChI=1S/C14H8F3N3O2/c15-14(16,17)22-11-3-1-9(2-4-11)12-19-20-13(21-12)10-5-7-18-8-6-10/h1-8H. The number of halogens is 3. The Hall–Kier alpha value is -2.90. The lowest BCUT2D eigenvalue weighted by Crippen LogP contribution is -2.16. The van der Waals surface area contributed by atoms with Gasteiger partial charge in [0, 0.05) is 23.5 Å². The third-order valence-electron chi connectivity index (χ3n) is 2.69. The van der Waals surface area contributed by atoms with Gasteiger partial charge in [0.25, 0.3) is 0 Å². The first-order valence-corrected chi connectivity index (χ1v) is 6.11. The number of nitrogens with zero attached hydrogens (tertiary/aromatic N) is 3. The van der Waals surface area contributed by atoms with Crippen LogP contribution in [-0.2, 0) is 0 Å². The number of ether oxygens (including phenoxy) is 1. The molecule has 0 spiro atoms. The molecule has 0 aliphatic rings. The Labute approximate surface area is 122 Å². The van der Waals surface area contributed by atoms with Crippen molar-refractivity contribution in [1.82, 2.24) is 15.2 Å². The highest BCUT2D eigenvalue weighted by molar-refractivity contribution is 5.58. The molecule has 1 aromatic carbocycles. The Morgan fingerprint density at radius 2 is 1.36 bits per heavy atom. The van der Waals surface area contributed by atoms with Gasteiger partial charge < -0.3 is 9.15 Å². The van der Waals surface area contributed by atoms with Crippen molar-refractivity contribution in [2.45, 2.75) is 6.36 Å². The molecular weight excluding hydrogens is 299 g/mol. The second-order valence-corrected chi connectivity index (χ2v) is 4.22. The van der Waals surface area contributed by atoms with Crippen LogP contribution in [0.2, 0.25) is 0 Å². The molecule has 0 amide bonds. The second kappa shape index (κ2) is 5.47. The fourth-order valence-electron chi connectivity index (χ4n) is 1.75. The molecule has 3 aromatic rings. The molecule has 0 unspecified atom stereocenters. The van der Waals surface area contributed by atoms with E-state index in [9.17, 15) is 13.2 Å². The van der Waals surface area contributed by atoms with Gasteiger partial charge in [0.15, 0.2) is 0 Å². The van der Waals surface area contributed by atoms with Crippen molar-refractivity contribution in [3.05, 3.63) is 48.8 Å². The largest absolute Gasteiger partial charge is 0.573 e. The van der Waals surface area contributed by atoms with Gasteiger partial charge in [0.05, 0.1) is 0 Å². The number of hydrogen-bond acceptors (Lipinski definition) is 5. The number of rotatable bonds is 3. The van der Waals surface area contributed by atoms with Crippen molar-refractivity contribution in [2.75, 3.05) is 0 Å². The van der Waals surface area contributed by atoms with Crippen molar-refractivity contribution in [1.29, 1.82) is 0 Å². The van der Waals surface area contributed by atoms with Gasteiger partial charge in [-0.25, -0.2) is 0 Å². The van der Waals surface area contributed by atoms with Gasteiger partial charge in [0.2, 0.25) is 11.8 Å². The minimum absolute atomic E-state index is 0.199. The van der Waals surface area contributed by atoms with E-state index in [0.29, 0.717) is 17.0 Å². The van der Waals surface area contributed by atoms with Crippen molar-refractivity contribution in [3.8, 4) is 28.7 Å². The van der Waals surface area contributed by atoms with Gasteiger partial charge in [-0.15, -0.1) is 23.4 Å². The molecular formula is C14H8F3N3O2. The Morgan fingerprint density at radius 1 is 0.818 bits per heavy atom. The van der Waals surface area contributed by atoms with Crippen LogP contribution in [-0.4, -0.2) is 21.5 Å². The SMILES string of the molecule is FC(F)(F)Oc1ccc(-c2nnc(-c3ccncc3)o2)cc1. The molecule has 22 heavy (non-hydrogen) atoms. The van der Waals surface area contributed by atoms with E-state index in [1.165, 1.54) is 24.3 Å². The van der Waals surface area contributed by atoms with Gasteiger partial charge >= 0.3 is 6.36 Å². The molecule has 0 fully saturated rings. The van der Waals surface area contributed by atoms with Crippen LogP contribution in [0.1, 0.15) is 0 Å². The van der Waals surface area contributed by atoms with E-state index in [-0.39, 0.29) is 11.6 Å². The maximum Gasteiger partial charge on any atom is 0.573 e. The molecule has 0 aliphatic heterocycles. The van der Waals surface area contributed by atoms with Crippen LogP contribution in [0.15, 0.2) is 53.2 Å². The van der Waals surface area contributed by atoms with Crippen LogP contribution in [0, 0.1) is 0 Å². The maximum atomic E-state index is 12.1. The zero-order valence-corrected chi connectivity index (χ0v) is 10.9. The minimum atomic E-state index is -4.72. The van der Waals surface area contributed by atoms with Gasteiger partial charge in [0.1, 0.15) is 5.75 Å². The van der Waals surface area contributed by atoms with E-state index < -0.39 is 6.36 Å². The summed E-state index contributed by atoms with van der Waals surface area (Å²) in [5.74, 6) is 0.184. The smallest absolute Gasteiger partial charge is 0.416 e. The van der Waals surface area contributed by atoms with Crippen molar-refractivity contribution in [3.63, 3.8) is 0 Å². The summed E-state index contributed by atoms with van der Waals surface area (Å²) in [4.78, 5) is 3.88. The molecule has 0 aliphatic carbocycles. The highest BCUT2D eigenvalue weighted by atomic mass is 19.4. The van der Waals surface area contributed by atoms with E-state index in [0.717, 1.165) is 0 Å². The third kappa shape index (κ3) is 3.22. The summed E-state index contributed by atoms with van der Waals surface area (Å²) in [6.45, 7) is 0. The van der Waals surface area contributed by atoms with Crippen LogP contribution in [0.3, 0.4) is 0 Å². The third-order valence-corrected chi connectivity index (χ3v) is 2.69. The van der Waals surface area contributed by atoms with Gasteiger partial charge in [-0.1, -0.05) is 0 Å². The predicted octanol–water partition coefficient (Wildman–Crippen LogP) is 3.70. The lowest BCUT2D eigenvalue weighted by molar-refractivity contribution is -0.274. The van der Waals surface area contributed by atoms with E-state index in [1.807, 2.05) is 0 Å². The van der Waals surface area contributed by atoms with E-state index in [2.05, 4.69) is 19.9 Å². The Bertz CT molecular complexity index is 755. The van der Waals surface area contributed by atoms with E-state index >= 15 is 0 Å². The number of pyridine rings is 1. The summed E-state index contributed by atoms with van der Waals surface area (Å²) >= 11 is 0. The van der Waals surface area contributed by atoms with Crippen molar-refractivity contribution < 1.29 is 22.3 Å². The van der Waals surface area contributed by atoms with E-state index in [1.54, 1.807) is 24.5 Å². The first-order chi connectivity index (χ1) is 10.5. The molecule has 0 N–H and O–H groups in total. The van der Waals surface area contributed by atoms with Gasteiger partial charge in [-0.3, -0.25) is 4.98 Å². The Kier molecular flexibility index (Phi) is 3.50. The zero-order chi connectivity index (χ0) is 15.6. The molecule has 0 saturated heterocycles. The fourth-order valence-corrected chi connectivity index (χ4v) is 1.75. The van der Waals surface area contributed by atoms with Crippen LogP contribution in [0.5, 0.6) is 5.75 Å². The van der Waals surface area contributed by atoms with Crippen molar-refractivity contribution in [2.24, 2.45) is 0 Å². The average Bonchev–Trinajstić information content (AvgIpc) is 2.97. The Morgan fingerprint density at radius 3 is 1.91 bits per heavy atom. The highest BCUT2D eigenvalue weighted by Gasteiger charge is 2.31. The minimum Gasteiger partial charge on any atom is -0.416 e. The molecule has 0 bridgehead atoms. The molecule has 5 nitrogen and oxygen atoms in total. The summed E-state index contributed by atoms with van der Waals surface area (Å²) in [6.07, 6.45) is -1.55. The van der Waals surface area contributed by atoms with Gasteiger partial charge in [-0.2, -0.15) is 0 Å². The van der Waals surface area contributed by atoms with Crippen LogP contribution < -0.4 is 4.74 Å². The average molecular weight is 307 g/mol.